The summed E-state index contributed by atoms with van der Waals surface area (Å²) < 4.78 is 13.8. The van der Waals surface area contributed by atoms with E-state index in [0.29, 0.717) is 18.1 Å². The maximum absolute atomic E-state index is 13.2. The normalized spacial score (nSPS) is 12.8. The maximum Gasteiger partial charge on any atom is 0.324 e. The van der Waals surface area contributed by atoms with Crippen LogP contribution in [0.25, 0.3) is 16.5 Å². The highest BCUT2D eigenvalue weighted by atomic mass is 16.5. The summed E-state index contributed by atoms with van der Waals surface area (Å²) in [5, 5.41) is 12.4. The van der Waals surface area contributed by atoms with E-state index in [0.717, 1.165) is 59.5 Å². The van der Waals surface area contributed by atoms with E-state index < -0.39 is 0 Å². The number of carbonyl (C=O) groups is 1. The number of fused-ring (bicyclic) bond motifs is 2. The zero-order valence-electron chi connectivity index (χ0n) is 25.1. The van der Waals surface area contributed by atoms with Gasteiger partial charge in [0.05, 0.1) is 30.8 Å². The number of hydrogen-bond acceptors (Lipinski definition) is 5. The second-order valence-electron chi connectivity index (χ2n) is 11.9. The van der Waals surface area contributed by atoms with Gasteiger partial charge in [0.25, 0.3) is 0 Å². The van der Waals surface area contributed by atoms with Crippen LogP contribution < -0.4 is 20.1 Å². The Morgan fingerprint density at radius 3 is 2.67 bits per heavy atom. The third kappa shape index (κ3) is 6.04. The first-order chi connectivity index (χ1) is 20.8. The molecule has 0 saturated heterocycles. The lowest BCUT2D eigenvalue weighted by Gasteiger charge is -2.21. The lowest BCUT2D eigenvalue weighted by molar-refractivity contribution is 0.262. The number of carbonyl (C=O) groups excluding carboxylic acids is 1. The van der Waals surface area contributed by atoms with Crippen LogP contribution in [-0.4, -0.2) is 34.0 Å². The molecule has 6 rings (SSSR count). The van der Waals surface area contributed by atoms with E-state index in [-0.39, 0.29) is 11.4 Å². The molecule has 0 saturated carbocycles. The van der Waals surface area contributed by atoms with Gasteiger partial charge < -0.3 is 14.8 Å². The fourth-order valence-electron chi connectivity index (χ4n) is 5.50. The summed E-state index contributed by atoms with van der Waals surface area (Å²) >= 11 is 0. The average molecular weight is 576 g/mol. The molecular weight excluding hydrogens is 538 g/mol. The van der Waals surface area contributed by atoms with Crippen LogP contribution in [0.5, 0.6) is 11.6 Å². The Morgan fingerprint density at radius 2 is 1.84 bits per heavy atom. The van der Waals surface area contributed by atoms with Gasteiger partial charge in [-0.2, -0.15) is 5.10 Å². The van der Waals surface area contributed by atoms with Crippen LogP contribution in [0.15, 0.2) is 79.1 Å². The van der Waals surface area contributed by atoms with E-state index >= 15 is 0 Å². The molecule has 2 N–H and O–H groups in total. The summed E-state index contributed by atoms with van der Waals surface area (Å²) in [6.07, 6.45) is 6.24. The topological polar surface area (TPSA) is 90.3 Å². The highest BCUT2D eigenvalue weighted by Crippen LogP contribution is 2.33. The number of nitrogens with one attached hydrogen (secondary N) is 2. The Morgan fingerprint density at radius 1 is 1.00 bits per heavy atom. The van der Waals surface area contributed by atoms with Crippen LogP contribution in [0.2, 0.25) is 0 Å². The van der Waals surface area contributed by atoms with Crippen LogP contribution in [0.1, 0.15) is 49.4 Å². The standard InChI is InChI=1S/C35H37N5O3/c1-23-11-12-25(35(2,3)4)22-30(23)40-32(16-19-37-40)39-34(41)38-29-13-14-31(28-9-6-5-8-27(28)29)42-21-17-24-15-18-36-33-26(24)10-7-20-43-33/h5-6,8-9,11-16,18-19,22H,7,10,17,20-21H2,1-4H3,(H2,38,39,41). The number of hydrogen-bond donors (Lipinski definition) is 2. The summed E-state index contributed by atoms with van der Waals surface area (Å²) in [4.78, 5) is 17.6. The van der Waals surface area contributed by atoms with Gasteiger partial charge in [-0.25, -0.2) is 14.5 Å². The molecule has 2 aromatic heterocycles. The van der Waals surface area contributed by atoms with Gasteiger partial charge in [0, 0.05) is 35.0 Å². The summed E-state index contributed by atoms with van der Waals surface area (Å²) in [5.74, 6) is 2.10. The molecule has 0 bridgehead atoms. The number of ether oxygens (including phenoxy) is 2. The smallest absolute Gasteiger partial charge is 0.324 e. The summed E-state index contributed by atoms with van der Waals surface area (Å²) in [6.45, 7) is 9.83. The average Bonchev–Trinajstić information content (AvgIpc) is 3.45. The van der Waals surface area contributed by atoms with Gasteiger partial charge in [-0.1, -0.05) is 57.2 Å². The second-order valence-corrected chi connectivity index (χ2v) is 11.9. The summed E-state index contributed by atoms with van der Waals surface area (Å²) in [5.41, 5.74) is 6.28. The fraction of sp³-hybridized carbons (Fsp3) is 0.286. The first kappa shape index (κ1) is 28.3. The van der Waals surface area contributed by atoms with Crippen molar-refractivity contribution in [2.75, 3.05) is 23.8 Å². The molecule has 2 amide bonds. The number of rotatable bonds is 7. The molecule has 1 aliphatic rings. The summed E-state index contributed by atoms with van der Waals surface area (Å²) in [6, 6.07) is 21.6. The van der Waals surface area contributed by atoms with E-state index in [9.17, 15) is 4.79 Å². The molecule has 220 valence electrons. The number of pyridine rings is 1. The minimum absolute atomic E-state index is 0.00900. The predicted octanol–water partition coefficient (Wildman–Crippen LogP) is 7.62. The van der Waals surface area contributed by atoms with Crippen molar-refractivity contribution in [3.63, 3.8) is 0 Å². The molecule has 8 heteroatoms. The van der Waals surface area contributed by atoms with E-state index in [2.05, 4.69) is 65.8 Å². The predicted molar refractivity (Wildman–Crippen MR) is 171 cm³/mol. The monoisotopic (exact) mass is 575 g/mol. The van der Waals surface area contributed by atoms with E-state index in [1.165, 1.54) is 16.7 Å². The maximum atomic E-state index is 13.2. The van der Waals surface area contributed by atoms with Gasteiger partial charge in [-0.15, -0.1) is 0 Å². The van der Waals surface area contributed by atoms with E-state index in [4.69, 9.17) is 9.47 Å². The van der Waals surface area contributed by atoms with Crippen molar-refractivity contribution in [3.05, 3.63) is 101 Å². The first-order valence-corrected chi connectivity index (χ1v) is 14.8. The molecule has 3 heterocycles. The lowest BCUT2D eigenvalue weighted by atomic mass is 9.86. The van der Waals surface area contributed by atoms with Crippen molar-refractivity contribution < 1.29 is 14.3 Å². The van der Waals surface area contributed by atoms with E-state index in [1.54, 1.807) is 23.1 Å². The van der Waals surface area contributed by atoms with Crippen molar-refractivity contribution in [1.82, 2.24) is 14.8 Å². The fourth-order valence-corrected chi connectivity index (χ4v) is 5.50. The number of benzene rings is 3. The van der Waals surface area contributed by atoms with Gasteiger partial charge in [0.1, 0.15) is 11.6 Å². The number of aromatic nitrogens is 3. The number of urea groups is 1. The third-order valence-corrected chi connectivity index (χ3v) is 7.87. The van der Waals surface area contributed by atoms with E-state index in [1.807, 2.05) is 43.3 Å². The number of nitrogens with zero attached hydrogens (tertiary/aromatic N) is 3. The molecular formula is C35H37N5O3. The minimum Gasteiger partial charge on any atom is -0.493 e. The van der Waals surface area contributed by atoms with Gasteiger partial charge in [0.2, 0.25) is 5.88 Å². The molecule has 0 fully saturated rings. The Labute approximate surface area is 252 Å². The first-order valence-electron chi connectivity index (χ1n) is 14.8. The number of aryl methyl sites for hydroxylation is 1. The molecule has 43 heavy (non-hydrogen) atoms. The Balaban J connectivity index is 1.17. The Kier molecular flexibility index (Phi) is 7.76. The second kappa shape index (κ2) is 11.8. The molecule has 5 aromatic rings. The largest absolute Gasteiger partial charge is 0.493 e. The summed E-state index contributed by atoms with van der Waals surface area (Å²) in [7, 11) is 0. The molecule has 3 aromatic carbocycles. The van der Waals surface area contributed by atoms with Crippen molar-refractivity contribution in [1.29, 1.82) is 0 Å². The molecule has 1 aliphatic heterocycles. The molecule has 0 unspecified atom stereocenters. The lowest BCUT2D eigenvalue weighted by Crippen LogP contribution is -2.22. The zero-order valence-corrected chi connectivity index (χ0v) is 25.1. The quantitative estimate of drug-likeness (QED) is 0.208. The minimum atomic E-state index is -0.352. The van der Waals surface area contributed by atoms with Gasteiger partial charge in [-0.05, 0) is 66.1 Å². The molecule has 0 radical (unpaired) electrons. The number of anilines is 2. The van der Waals surface area contributed by atoms with Crippen LogP contribution in [-0.2, 0) is 18.3 Å². The van der Waals surface area contributed by atoms with Gasteiger partial charge in [-0.3, -0.25) is 5.32 Å². The highest BCUT2D eigenvalue weighted by Gasteiger charge is 2.19. The Hall–Kier alpha value is -4.85. The van der Waals surface area contributed by atoms with Crippen molar-refractivity contribution in [2.24, 2.45) is 0 Å². The van der Waals surface area contributed by atoms with Crippen molar-refractivity contribution in [2.45, 2.75) is 52.4 Å². The Bertz CT molecular complexity index is 1790. The molecule has 0 aliphatic carbocycles. The van der Waals surface area contributed by atoms with Gasteiger partial charge in [0.15, 0.2) is 0 Å². The van der Waals surface area contributed by atoms with Crippen molar-refractivity contribution in [3.8, 4) is 17.3 Å². The van der Waals surface area contributed by atoms with Crippen LogP contribution in [0.4, 0.5) is 16.3 Å². The van der Waals surface area contributed by atoms with Gasteiger partial charge >= 0.3 is 6.03 Å². The zero-order chi connectivity index (χ0) is 30.0. The number of amides is 2. The SMILES string of the molecule is Cc1ccc(C(C)(C)C)cc1-n1nccc1NC(=O)Nc1ccc(OCCc2ccnc3c2CCCO3)c2ccccc12. The highest BCUT2D eigenvalue weighted by molar-refractivity contribution is 6.07. The molecule has 0 spiro atoms. The molecule has 0 atom stereocenters. The third-order valence-electron chi connectivity index (χ3n) is 7.87. The van der Waals surface area contributed by atoms with Crippen LogP contribution >= 0.6 is 0 Å². The van der Waals surface area contributed by atoms with Crippen molar-refractivity contribution >= 4 is 28.3 Å². The van der Waals surface area contributed by atoms with Crippen LogP contribution in [0, 0.1) is 6.92 Å². The van der Waals surface area contributed by atoms with Crippen LogP contribution in [0.3, 0.4) is 0 Å². The molecule has 8 nitrogen and oxygen atoms in total.